The second-order valence-electron chi connectivity index (χ2n) is 8.59. The van der Waals surface area contributed by atoms with Crippen LogP contribution in [0, 0.1) is 0 Å². The lowest BCUT2D eigenvalue weighted by Crippen LogP contribution is -2.49. The molecule has 3 rings (SSSR count). The fraction of sp³-hybridized carbons (Fsp3) is 0.417. The zero-order chi connectivity index (χ0) is 24.0. The first-order chi connectivity index (χ1) is 15.6. The summed E-state index contributed by atoms with van der Waals surface area (Å²) in [6.07, 6.45) is 0.102. The van der Waals surface area contributed by atoms with Gasteiger partial charge in [-0.1, -0.05) is 23.7 Å². The Morgan fingerprint density at radius 1 is 1.21 bits per heavy atom. The second-order valence-corrected chi connectivity index (χ2v) is 9.02. The molecule has 0 bridgehead atoms. The van der Waals surface area contributed by atoms with E-state index in [0.29, 0.717) is 18.1 Å². The number of para-hydroxylation sites is 1. The number of nitrogens with zero attached hydrogens (tertiary/aromatic N) is 1. The number of benzene rings is 2. The number of aliphatic hydroxyl groups excluding tert-OH is 1. The van der Waals surface area contributed by atoms with Gasteiger partial charge in [-0.15, -0.1) is 0 Å². The number of hydrogen-bond donors (Lipinski definition) is 3. The molecule has 2 aromatic carbocycles. The normalized spacial score (nSPS) is 17.4. The Morgan fingerprint density at radius 2 is 1.91 bits per heavy atom. The number of rotatable bonds is 10. The molecule has 1 aliphatic heterocycles. The van der Waals surface area contributed by atoms with Crippen molar-refractivity contribution in [2.75, 3.05) is 26.2 Å². The predicted molar refractivity (Wildman–Crippen MR) is 124 cm³/mol. The van der Waals surface area contributed by atoms with Crippen LogP contribution in [0.25, 0.3) is 0 Å². The molecular weight excluding hydrogens is 448 g/mol. The van der Waals surface area contributed by atoms with Crippen molar-refractivity contribution in [2.45, 2.75) is 38.0 Å². The van der Waals surface area contributed by atoms with Crippen molar-refractivity contribution in [1.29, 1.82) is 0 Å². The Kier molecular flexibility index (Phi) is 8.18. The van der Waals surface area contributed by atoms with E-state index in [9.17, 15) is 19.8 Å². The molecule has 0 aliphatic carbocycles. The van der Waals surface area contributed by atoms with Crippen LogP contribution in [0.4, 0.5) is 0 Å². The van der Waals surface area contributed by atoms with E-state index >= 15 is 0 Å². The van der Waals surface area contributed by atoms with Crippen molar-refractivity contribution in [3.63, 3.8) is 0 Å². The molecule has 178 valence electrons. The van der Waals surface area contributed by atoms with Gasteiger partial charge in [-0.05, 0) is 56.7 Å². The van der Waals surface area contributed by atoms with E-state index in [1.165, 1.54) is 13.8 Å². The number of carboxylic acids is 1. The van der Waals surface area contributed by atoms with Gasteiger partial charge in [0.2, 0.25) is 0 Å². The van der Waals surface area contributed by atoms with Crippen LogP contribution in [0.3, 0.4) is 0 Å². The van der Waals surface area contributed by atoms with Gasteiger partial charge in [0.15, 0.2) is 0 Å². The standard InChI is InChI=1S/C24H29ClN2O6/c1-24(2,23(30)31)26-22(29)20-5-3-4-6-21(20)32-15-17(28)13-27-12-11-19(14-27)33-18-9-7-16(25)8-10-18/h3-10,17,19,28H,11-15H2,1-2H3,(H,26,29)(H,30,31). The van der Waals surface area contributed by atoms with E-state index in [4.69, 9.17) is 21.1 Å². The lowest BCUT2D eigenvalue weighted by Gasteiger charge is -2.23. The molecule has 2 aromatic rings. The summed E-state index contributed by atoms with van der Waals surface area (Å²) in [7, 11) is 0. The van der Waals surface area contributed by atoms with Gasteiger partial charge in [-0.2, -0.15) is 0 Å². The first-order valence-electron chi connectivity index (χ1n) is 10.7. The summed E-state index contributed by atoms with van der Waals surface area (Å²) in [5, 5.41) is 22.8. The molecule has 1 heterocycles. The molecule has 0 saturated carbocycles. The molecule has 1 amide bonds. The van der Waals surface area contributed by atoms with E-state index in [1.54, 1.807) is 36.4 Å². The van der Waals surface area contributed by atoms with Crippen molar-refractivity contribution in [3.05, 3.63) is 59.1 Å². The van der Waals surface area contributed by atoms with Gasteiger partial charge in [0, 0.05) is 24.7 Å². The quantitative estimate of drug-likeness (QED) is 0.484. The Bertz CT molecular complexity index is 966. The number of ether oxygens (including phenoxy) is 2. The molecule has 1 fully saturated rings. The summed E-state index contributed by atoms with van der Waals surface area (Å²) in [5.74, 6) is -0.667. The zero-order valence-electron chi connectivity index (χ0n) is 18.7. The zero-order valence-corrected chi connectivity index (χ0v) is 19.4. The molecule has 0 radical (unpaired) electrons. The van der Waals surface area contributed by atoms with E-state index in [-0.39, 0.29) is 24.0 Å². The van der Waals surface area contributed by atoms with Crippen LogP contribution in [-0.2, 0) is 4.79 Å². The number of aliphatic carboxylic acids is 1. The van der Waals surface area contributed by atoms with E-state index in [0.717, 1.165) is 18.7 Å². The van der Waals surface area contributed by atoms with Crippen LogP contribution in [0.2, 0.25) is 5.02 Å². The first kappa shape index (κ1) is 24.8. The minimum atomic E-state index is -1.43. The summed E-state index contributed by atoms with van der Waals surface area (Å²) in [6.45, 7) is 4.68. The van der Waals surface area contributed by atoms with Crippen molar-refractivity contribution in [1.82, 2.24) is 10.2 Å². The highest BCUT2D eigenvalue weighted by Crippen LogP contribution is 2.22. The molecule has 0 aromatic heterocycles. The predicted octanol–water partition coefficient (Wildman–Crippen LogP) is 2.83. The van der Waals surface area contributed by atoms with Gasteiger partial charge in [0.25, 0.3) is 5.91 Å². The number of carbonyl (C=O) groups is 2. The highest BCUT2D eigenvalue weighted by Gasteiger charge is 2.30. The van der Waals surface area contributed by atoms with Crippen LogP contribution < -0.4 is 14.8 Å². The summed E-state index contributed by atoms with van der Waals surface area (Å²) in [4.78, 5) is 26.0. The van der Waals surface area contributed by atoms with Gasteiger partial charge in [-0.25, -0.2) is 4.79 Å². The first-order valence-corrected chi connectivity index (χ1v) is 11.1. The number of carboxylic acid groups (broad SMARTS) is 1. The van der Waals surface area contributed by atoms with Crippen LogP contribution >= 0.6 is 11.6 Å². The number of nitrogens with one attached hydrogen (secondary N) is 1. The molecule has 9 heteroatoms. The lowest BCUT2D eigenvalue weighted by atomic mass is 10.0. The summed E-state index contributed by atoms with van der Waals surface area (Å²) >= 11 is 5.90. The number of amides is 1. The number of hydrogen-bond acceptors (Lipinski definition) is 6. The second kappa shape index (κ2) is 10.9. The van der Waals surface area contributed by atoms with Crippen molar-refractivity contribution >= 4 is 23.5 Å². The highest BCUT2D eigenvalue weighted by molar-refractivity contribution is 6.30. The SMILES string of the molecule is CC(C)(NC(=O)c1ccccc1OCC(O)CN1CCC(Oc2ccc(Cl)cc2)C1)C(=O)O. The summed E-state index contributed by atoms with van der Waals surface area (Å²) < 4.78 is 11.7. The minimum Gasteiger partial charge on any atom is -0.490 e. The van der Waals surface area contributed by atoms with Gasteiger partial charge < -0.3 is 25.0 Å². The lowest BCUT2D eigenvalue weighted by molar-refractivity contribution is -0.143. The van der Waals surface area contributed by atoms with Gasteiger partial charge in [0.05, 0.1) is 5.56 Å². The molecule has 3 N–H and O–H groups in total. The topological polar surface area (TPSA) is 108 Å². The van der Waals surface area contributed by atoms with E-state index in [2.05, 4.69) is 10.2 Å². The van der Waals surface area contributed by atoms with Crippen LogP contribution in [0.15, 0.2) is 48.5 Å². The molecule has 8 nitrogen and oxygen atoms in total. The number of halogens is 1. The highest BCUT2D eigenvalue weighted by atomic mass is 35.5. The third-order valence-electron chi connectivity index (χ3n) is 5.34. The van der Waals surface area contributed by atoms with Gasteiger partial charge in [0.1, 0.15) is 35.9 Å². The maximum absolute atomic E-state index is 12.6. The largest absolute Gasteiger partial charge is 0.490 e. The fourth-order valence-electron chi connectivity index (χ4n) is 3.49. The Labute approximate surface area is 198 Å². The Morgan fingerprint density at radius 3 is 2.61 bits per heavy atom. The van der Waals surface area contributed by atoms with Gasteiger partial charge >= 0.3 is 5.97 Å². The Balaban J connectivity index is 1.49. The monoisotopic (exact) mass is 476 g/mol. The van der Waals surface area contributed by atoms with Crippen molar-refractivity contribution < 1.29 is 29.3 Å². The maximum atomic E-state index is 12.6. The van der Waals surface area contributed by atoms with E-state index in [1.807, 2.05) is 12.1 Å². The molecule has 33 heavy (non-hydrogen) atoms. The van der Waals surface area contributed by atoms with Crippen LogP contribution in [0.1, 0.15) is 30.6 Å². The summed E-state index contributed by atoms with van der Waals surface area (Å²) in [5.41, 5.74) is -1.22. The third kappa shape index (κ3) is 7.08. The van der Waals surface area contributed by atoms with Crippen molar-refractivity contribution in [2.24, 2.45) is 0 Å². The van der Waals surface area contributed by atoms with Crippen molar-refractivity contribution in [3.8, 4) is 11.5 Å². The number of likely N-dealkylation sites (tertiary alicyclic amines) is 1. The molecular formula is C24H29ClN2O6. The molecule has 1 saturated heterocycles. The average Bonchev–Trinajstić information content (AvgIpc) is 3.20. The Hall–Kier alpha value is -2.81. The minimum absolute atomic E-state index is 0.00811. The molecule has 2 unspecified atom stereocenters. The van der Waals surface area contributed by atoms with Gasteiger partial charge in [-0.3, -0.25) is 9.69 Å². The number of aliphatic hydroxyl groups is 1. The average molecular weight is 477 g/mol. The number of carbonyl (C=O) groups excluding carboxylic acids is 1. The third-order valence-corrected chi connectivity index (χ3v) is 5.59. The molecule has 0 spiro atoms. The summed E-state index contributed by atoms with van der Waals surface area (Å²) in [6, 6.07) is 13.8. The van der Waals surface area contributed by atoms with E-state index < -0.39 is 23.5 Å². The molecule has 1 aliphatic rings. The molecule has 2 atom stereocenters. The fourth-order valence-corrected chi connectivity index (χ4v) is 3.61. The maximum Gasteiger partial charge on any atom is 0.328 e. The smallest absolute Gasteiger partial charge is 0.328 e. The number of β-amino-alcohol motifs (C(OH)–C–C–N with tert-alkyl or cyclic N) is 1. The van der Waals surface area contributed by atoms with Crippen LogP contribution in [0.5, 0.6) is 11.5 Å². The van der Waals surface area contributed by atoms with Crippen LogP contribution in [-0.4, -0.2) is 71.0 Å².